The van der Waals surface area contributed by atoms with Crippen molar-refractivity contribution in [2.75, 3.05) is 47.5 Å². The number of esters is 1. The summed E-state index contributed by atoms with van der Waals surface area (Å²) in [5.41, 5.74) is -2.82. The van der Waals surface area contributed by atoms with Gasteiger partial charge >= 0.3 is 11.9 Å². The van der Waals surface area contributed by atoms with Crippen molar-refractivity contribution in [1.82, 2.24) is 10.2 Å². The molecule has 8 heteroatoms. The Labute approximate surface area is 174 Å². The number of hydrogen-bond donors (Lipinski definition) is 2. The molecule has 0 spiro atoms. The molecule has 0 radical (unpaired) electrons. The van der Waals surface area contributed by atoms with E-state index in [-0.39, 0.29) is 32.0 Å². The van der Waals surface area contributed by atoms with Crippen LogP contribution < -0.4 is 5.32 Å². The molecular weight excluding hydrogens is 376 g/mol. The first-order chi connectivity index (χ1) is 13.4. The molecule has 1 amide bonds. The third-order valence-electron chi connectivity index (χ3n) is 5.56. The van der Waals surface area contributed by atoms with Crippen LogP contribution in [0.5, 0.6) is 0 Å². The maximum atomic E-state index is 12.9. The minimum Gasteiger partial charge on any atom is -0.481 e. The summed E-state index contributed by atoms with van der Waals surface area (Å²) in [4.78, 5) is 39.4. The van der Waals surface area contributed by atoms with Crippen molar-refractivity contribution in [3.05, 3.63) is 0 Å². The van der Waals surface area contributed by atoms with E-state index in [2.05, 4.69) is 10.2 Å². The molecule has 1 unspecified atom stereocenters. The van der Waals surface area contributed by atoms with Crippen molar-refractivity contribution in [2.24, 2.45) is 16.2 Å². The Balaban J connectivity index is 2.88. The summed E-state index contributed by atoms with van der Waals surface area (Å²) in [6.07, 6.45) is 2.61. The van der Waals surface area contributed by atoms with Crippen molar-refractivity contribution in [3.8, 4) is 0 Å². The molecule has 0 saturated heterocycles. The van der Waals surface area contributed by atoms with Crippen LogP contribution in [0.4, 0.5) is 0 Å². The largest absolute Gasteiger partial charge is 0.481 e. The molecule has 0 bridgehead atoms. The van der Waals surface area contributed by atoms with Crippen LogP contribution in [0, 0.1) is 16.2 Å². The van der Waals surface area contributed by atoms with Gasteiger partial charge in [0.05, 0.1) is 22.9 Å². The minimum atomic E-state index is -1.12. The third kappa shape index (κ3) is 7.59. The van der Waals surface area contributed by atoms with Gasteiger partial charge < -0.3 is 24.8 Å². The summed E-state index contributed by atoms with van der Waals surface area (Å²) in [7, 11) is 5.48. The predicted molar refractivity (Wildman–Crippen MR) is 109 cm³/mol. The van der Waals surface area contributed by atoms with Crippen LogP contribution in [0.15, 0.2) is 0 Å². The number of nitrogens with one attached hydrogen (secondary N) is 1. The van der Waals surface area contributed by atoms with E-state index >= 15 is 0 Å². The van der Waals surface area contributed by atoms with Crippen LogP contribution in [0.1, 0.15) is 52.9 Å². The number of carbonyl (C=O) groups is 3. The number of ether oxygens (including phenoxy) is 2. The molecule has 1 fully saturated rings. The first-order valence-electron chi connectivity index (χ1n) is 10.2. The highest BCUT2D eigenvalue weighted by Crippen LogP contribution is 2.56. The molecule has 0 aromatic rings. The summed E-state index contributed by atoms with van der Waals surface area (Å²) < 4.78 is 10.3. The van der Waals surface area contributed by atoms with E-state index in [4.69, 9.17) is 9.47 Å². The molecule has 29 heavy (non-hydrogen) atoms. The van der Waals surface area contributed by atoms with Gasteiger partial charge in [-0.15, -0.1) is 0 Å². The average molecular weight is 415 g/mol. The van der Waals surface area contributed by atoms with Crippen molar-refractivity contribution in [1.29, 1.82) is 0 Å². The lowest BCUT2D eigenvalue weighted by atomic mass is 9.68. The molecular formula is C21H38N2O6. The lowest BCUT2D eigenvalue weighted by molar-refractivity contribution is -0.163. The number of hydrogen-bond acceptors (Lipinski definition) is 6. The molecule has 168 valence electrons. The third-order valence-corrected chi connectivity index (χ3v) is 5.56. The van der Waals surface area contributed by atoms with Crippen molar-refractivity contribution < 1.29 is 29.0 Å². The molecule has 1 saturated carbocycles. The van der Waals surface area contributed by atoms with Crippen LogP contribution in [0.25, 0.3) is 0 Å². The molecule has 0 aromatic heterocycles. The molecule has 1 atom stereocenters. The maximum absolute atomic E-state index is 12.9. The van der Waals surface area contributed by atoms with E-state index in [1.807, 2.05) is 14.1 Å². The van der Waals surface area contributed by atoms with Gasteiger partial charge in [-0.1, -0.05) is 0 Å². The highest BCUT2D eigenvalue weighted by Gasteiger charge is 2.57. The molecule has 8 nitrogen and oxygen atoms in total. The fourth-order valence-electron chi connectivity index (χ4n) is 3.82. The zero-order valence-electron chi connectivity index (χ0n) is 18.8. The second kappa shape index (κ2) is 10.4. The zero-order valence-corrected chi connectivity index (χ0v) is 18.8. The Bertz CT molecular complexity index is 586. The van der Waals surface area contributed by atoms with Gasteiger partial charge in [-0.05, 0) is 73.5 Å². The summed E-state index contributed by atoms with van der Waals surface area (Å²) >= 11 is 0. The van der Waals surface area contributed by atoms with E-state index < -0.39 is 28.2 Å². The smallest absolute Gasteiger partial charge is 0.311 e. The summed E-state index contributed by atoms with van der Waals surface area (Å²) in [6, 6.07) is 0. The van der Waals surface area contributed by atoms with Crippen LogP contribution in [0.3, 0.4) is 0 Å². The Morgan fingerprint density at radius 3 is 2.24 bits per heavy atom. The molecule has 1 aliphatic rings. The van der Waals surface area contributed by atoms with Crippen LogP contribution in [-0.2, 0) is 23.9 Å². The van der Waals surface area contributed by atoms with Crippen LogP contribution in [-0.4, -0.2) is 75.4 Å². The molecule has 0 aromatic carbocycles. The topological polar surface area (TPSA) is 105 Å². The number of methoxy groups -OCH3 is 1. The van der Waals surface area contributed by atoms with Gasteiger partial charge in [0.2, 0.25) is 5.91 Å². The monoisotopic (exact) mass is 414 g/mol. The standard InChI is InChI=1S/C21H38N2O6/c1-19(2,17(25)26)14-20(3,18(27)29-13-12-28-6)15-21(8-9-21)16(24)22-10-7-11-23(4)5/h7-15H2,1-6H3,(H,22,24)(H,25,26). The fourth-order valence-corrected chi connectivity index (χ4v) is 3.82. The molecule has 1 rings (SSSR count). The van der Waals surface area contributed by atoms with Crippen LogP contribution >= 0.6 is 0 Å². The number of nitrogens with zero attached hydrogens (tertiary/aromatic N) is 1. The first-order valence-corrected chi connectivity index (χ1v) is 10.2. The average Bonchev–Trinajstić information content (AvgIpc) is 3.38. The summed E-state index contributed by atoms with van der Waals surface area (Å²) in [5, 5.41) is 12.5. The van der Waals surface area contributed by atoms with Gasteiger partial charge in [0.15, 0.2) is 0 Å². The van der Waals surface area contributed by atoms with Gasteiger partial charge in [0.25, 0.3) is 0 Å². The Hall–Kier alpha value is -1.67. The lowest BCUT2D eigenvalue weighted by Gasteiger charge is -2.36. The minimum absolute atomic E-state index is 0.0553. The lowest BCUT2D eigenvalue weighted by Crippen LogP contribution is -2.43. The second-order valence-corrected chi connectivity index (χ2v) is 9.43. The van der Waals surface area contributed by atoms with Crippen molar-refractivity contribution in [3.63, 3.8) is 0 Å². The number of amides is 1. The molecule has 1 aliphatic carbocycles. The van der Waals surface area contributed by atoms with Crippen molar-refractivity contribution >= 4 is 17.8 Å². The van der Waals surface area contributed by atoms with E-state index in [9.17, 15) is 19.5 Å². The summed E-state index contributed by atoms with van der Waals surface area (Å²) in [6.45, 7) is 6.72. The van der Waals surface area contributed by atoms with E-state index in [1.165, 1.54) is 7.11 Å². The Kier molecular flexibility index (Phi) is 9.09. The van der Waals surface area contributed by atoms with Gasteiger partial charge in [0.1, 0.15) is 6.61 Å². The SMILES string of the molecule is COCCOC(=O)C(C)(CC(C)(C)C(=O)O)CC1(C(=O)NCCCN(C)C)CC1. The van der Waals surface area contributed by atoms with Gasteiger partial charge in [-0.25, -0.2) is 0 Å². The normalized spacial score (nSPS) is 17.5. The number of carboxylic acid groups (broad SMARTS) is 1. The number of carboxylic acids is 1. The number of carbonyl (C=O) groups excluding carboxylic acids is 2. The van der Waals surface area contributed by atoms with Gasteiger partial charge in [-0.3, -0.25) is 14.4 Å². The predicted octanol–water partition coefficient (Wildman–Crippen LogP) is 1.92. The molecule has 0 aliphatic heterocycles. The zero-order chi connectivity index (χ0) is 22.3. The molecule has 2 N–H and O–H groups in total. The number of rotatable bonds is 14. The quantitative estimate of drug-likeness (QED) is 0.330. The maximum Gasteiger partial charge on any atom is 0.311 e. The Morgan fingerprint density at radius 2 is 1.76 bits per heavy atom. The Morgan fingerprint density at radius 1 is 1.14 bits per heavy atom. The fraction of sp³-hybridized carbons (Fsp3) is 0.857. The van der Waals surface area contributed by atoms with Crippen LogP contribution in [0.2, 0.25) is 0 Å². The van der Waals surface area contributed by atoms with Crippen molar-refractivity contribution in [2.45, 2.75) is 52.9 Å². The molecule has 0 heterocycles. The highest BCUT2D eigenvalue weighted by molar-refractivity contribution is 5.87. The van der Waals surface area contributed by atoms with E-state index in [0.717, 1.165) is 13.0 Å². The highest BCUT2D eigenvalue weighted by atomic mass is 16.6. The van der Waals surface area contributed by atoms with Gasteiger partial charge in [0, 0.05) is 13.7 Å². The van der Waals surface area contributed by atoms with Gasteiger partial charge in [-0.2, -0.15) is 0 Å². The summed E-state index contributed by atoms with van der Waals surface area (Å²) in [5.74, 6) is -1.51. The van der Waals surface area contributed by atoms with E-state index in [0.29, 0.717) is 19.4 Å². The van der Waals surface area contributed by atoms with E-state index in [1.54, 1.807) is 20.8 Å². The first kappa shape index (κ1) is 25.4. The second-order valence-electron chi connectivity index (χ2n) is 9.43. The number of aliphatic carboxylic acids is 1.